The molecule has 0 aromatic heterocycles. The van der Waals surface area contributed by atoms with Gasteiger partial charge in [0.05, 0.1) is 28.7 Å². The molecule has 0 radical (unpaired) electrons. The van der Waals surface area contributed by atoms with Gasteiger partial charge in [-0.2, -0.15) is 10.5 Å². The lowest BCUT2D eigenvalue weighted by atomic mass is 10.0. The molecule has 4 atom stereocenters. The first kappa shape index (κ1) is 20.3. The lowest BCUT2D eigenvalue weighted by molar-refractivity contribution is 0.0929. The minimum Gasteiger partial charge on any atom is -0.371 e. The molecule has 1 aromatic carbocycles. The highest BCUT2D eigenvalue weighted by Gasteiger charge is 2.38. The van der Waals surface area contributed by atoms with Gasteiger partial charge in [-0.3, -0.25) is 4.79 Å². The van der Waals surface area contributed by atoms with Gasteiger partial charge in [-0.1, -0.05) is 18.5 Å². The Morgan fingerprint density at radius 1 is 1.39 bits per heavy atom. The van der Waals surface area contributed by atoms with E-state index in [9.17, 15) is 10.1 Å². The fourth-order valence-corrected chi connectivity index (χ4v) is 4.72. The number of hydrogen-bond acceptors (Lipinski definition) is 5. The Balaban J connectivity index is 1.68. The maximum Gasteiger partial charge on any atom is 0.253 e. The summed E-state index contributed by atoms with van der Waals surface area (Å²) >= 11 is 6.44. The number of nitrogens with one attached hydrogen (secondary N) is 1. The molecular formula is C21H26ClN5O. The van der Waals surface area contributed by atoms with Crippen LogP contribution in [0.4, 0.5) is 5.69 Å². The van der Waals surface area contributed by atoms with Gasteiger partial charge in [-0.15, -0.1) is 0 Å². The first-order valence-electron chi connectivity index (χ1n) is 9.88. The van der Waals surface area contributed by atoms with Crippen LogP contribution >= 0.6 is 11.6 Å². The summed E-state index contributed by atoms with van der Waals surface area (Å²) in [5.74, 6) is 0.195. The molecule has 0 bridgehead atoms. The fourth-order valence-electron chi connectivity index (χ4n) is 4.46. The van der Waals surface area contributed by atoms with Crippen LogP contribution in [0.1, 0.15) is 49.9 Å². The number of hydrogen-bond donors (Lipinski definition) is 1. The summed E-state index contributed by atoms with van der Waals surface area (Å²) in [7, 11) is 0. The number of halogens is 1. The van der Waals surface area contributed by atoms with E-state index in [0.717, 1.165) is 38.0 Å². The Morgan fingerprint density at radius 2 is 2.18 bits per heavy atom. The van der Waals surface area contributed by atoms with Crippen molar-refractivity contribution in [2.24, 2.45) is 5.92 Å². The summed E-state index contributed by atoms with van der Waals surface area (Å²) < 4.78 is 0. The maximum atomic E-state index is 12.8. The smallest absolute Gasteiger partial charge is 0.253 e. The largest absolute Gasteiger partial charge is 0.371 e. The zero-order valence-corrected chi connectivity index (χ0v) is 17.1. The molecule has 148 valence electrons. The fraction of sp³-hybridized carbons (Fsp3) is 0.571. The van der Waals surface area contributed by atoms with E-state index in [1.54, 1.807) is 11.0 Å². The van der Waals surface area contributed by atoms with E-state index in [2.05, 4.69) is 22.5 Å². The first-order chi connectivity index (χ1) is 13.5. The molecule has 0 aliphatic carbocycles. The van der Waals surface area contributed by atoms with Crippen molar-refractivity contribution in [3.05, 3.63) is 28.8 Å². The Labute approximate surface area is 171 Å². The number of rotatable bonds is 5. The molecule has 2 saturated heterocycles. The van der Waals surface area contributed by atoms with Crippen LogP contribution in [0.15, 0.2) is 18.2 Å². The highest BCUT2D eigenvalue weighted by molar-refractivity contribution is 6.34. The number of benzene rings is 1. The zero-order valence-electron chi connectivity index (χ0n) is 16.4. The topological polar surface area (TPSA) is 83.2 Å². The van der Waals surface area contributed by atoms with Crippen LogP contribution in [0, 0.1) is 28.7 Å². The number of carbonyl (C=O) groups is 1. The van der Waals surface area contributed by atoms with Gasteiger partial charge in [0.25, 0.3) is 5.91 Å². The van der Waals surface area contributed by atoms with Gasteiger partial charge < -0.3 is 15.1 Å². The molecule has 0 unspecified atom stereocenters. The summed E-state index contributed by atoms with van der Waals surface area (Å²) in [5.41, 5.74) is 1.44. The average Bonchev–Trinajstić information content (AvgIpc) is 3.25. The molecule has 1 N–H and O–H groups in total. The van der Waals surface area contributed by atoms with E-state index >= 15 is 0 Å². The molecule has 2 heterocycles. The second-order valence-electron chi connectivity index (χ2n) is 7.77. The Morgan fingerprint density at radius 3 is 2.82 bits per heavy atom. The average molecular weight is 400 g/mol. The van der Waals surface area contributed by atoms with Crippen LogP contribution in [0.25, 0.3) is 0 Å². The highest BCUT2D eigenvalue weighted by Crippen LogP contribution is 2.30. The lowest BCUT2D eigenvalue weighted by Crippen LogP contribution is -2.43. The second kappa shape index (κ2) is 8.71. The third-order valence-corrected chi connectivity index (χ3v) is 6.28. The molecule has 1 amide bonds. The van der Waals surface area contributed by atoms with Gasteiger partial charge in [-0.05, 0) is 50.3 Å². The van der Waals surface area contributed by atoms with Crippen molar-refractivity contribution in [2.45, 2.75) is 57.7 Å². The van der Waals surface area contributed by atoms with Crippen molar-refractivity contribution >= 4 is 23.2 Å². The third kappa shape index (κ3) is 4.03. The molecule has 2 aliphatic heterocycles. The molecule has 3 rings (SSSR count). The number of anilines is 1. The zero-order chi connectivity index (χ0) is 20.3. The summed E-state index contributed by atoms with van der Waals surface area (Å²) in [4.78, 5) is 16.8. The minimum absolute atomic E-state index is 0.0173. The summed E-state index contributed by atoms with van der Waals surface area (Å²) in [5, 5.41) is 21.7. The van der Waals surface area contributed by atoms with Crippen LogP contribution in [-0.2, 0) is 0 Å². The number of nitriles is 2. The van der Waals surface area contributed by atoms with E-state index in [0.29, 0.717) is 22.9 Å². The van der Waals surface area contributed by atoms with Crippen molar-refractivity contribution < 1.29 is 4.79 Å². The van der Waals surface area contributed by atoms with Gasteiger partial charge in [0, 0.05) is 31.2 Å². The van der Waals surface area contributed by atoms with Crippen molar-refractivity contribution in [3.63, 3.8) is 0 Å². The molecule has 28 heavy (non-hydrogen) atoms. The quantitative estimate of drug-likeness (QED) is 0.765. The molecule has 0 spiro atoms. The van der Waals surface area contributed by atoms with Crippen molar-refractivity contribution in [3.8, 4) is 12.3 Å². The van der Waals surface area contributed by atoms with Crippen LogP contribution < -0.4 is 10.2 Å². The van der Waals surface area contributed by atoms with Crippen LogP contribution in [0.5, 0.6) is 0 Å². The standard InChI is InChI=1S/C21H26ClN5O/c1-3-20-19(10-14(2)27(20)13-24)25-21(28)17-5-4-16(11-18(17)22)26-9-7-15(12-26)6-8-23/h4-5,11,14-15,19-20H,3,6-7,9-10,12H2,1-2H3,(H,25,28)/t14-,15-,19+,20+/m0/s1. The summed E-state index contributed by atoms with van der Waals surface area (Å²) in [6, 6.07) is 7.84. The molecular weight excluding hydrogens is 374 g/mol. The van der Waals surface area contributed by atoms with Gasteiger partial charge in [0.15, 0.2) is 6.19 Å². The molecule has 7 heteroatoms. The predicted molar refractivity (Wildman–Crippen MR) is 109 cm³/mol. The van der Waals surface area contributed by atoms with Gasteiger partial charge in [0.1, 0.15) is 0 Å². The molecule has 2 aliphatic rings. The Bertz CT molecular complexity index is 814. The number of carbonyl (C=O) groups excluding carboxylic acids is 1. The predicted octanol–water partition coefficient (Wildman–Crippen LogP) is 3.53. The van der Waals surface area contributed by atoms with E-state index < -0.39 is 0 Å². The van der Waals surface area contributed by atoms with Crippen molar-refractivity contribution in [1.29, 1.82) is 10.5 Å². The first-order valence-corrected chi connectivity index (χ1v) is 10.3. The van der Waals surface area contributed by atoms with Crippen LogP contribution in [0.3, 0.4) is 0 Å². The number of amides is 1. The number of likely N-dealkylation sites (tertiary alicyclic amines) is 1. The SMILES string of the molecule is CC[C@@H]1[C@H](NC(=O)c2ccc(N3CC[C@H](CC#N)C3)cc2Cl)C[C@H](C)N1C#N. The van der Waals surface area contributed by atoms with E-state index in [1.807, 2.05) is 26.0 Å². The van der Waals surface area contributed by atoms with E-state index in [4.69, 9.17) is 16.9 Å². The molecule has 2 fully saturated rings. The monoisotopic (exact) mass is 399 g/mol. The second-order valence-corrected chi connectivity index (χ2v) is 8.18. The lowest BCUT2D eigenvalue weighted by Gasteiger charge is -2.25. The number of nitrogens with zero attached hydrogens (tertiary/aromatic N) is 4. The van der Waals surface area contributed by atoms with Gasteiger partial charge in [0.2, 0.25) is 0 Å². The summed E-state index contributed by atoms with van der Waals surface area (Å²) in [6.45, 7) is 5.78. The molecule has 1 aromatic rings. The van der Waals surface area contributed by atoms with E-state index in [-0.39, 0.29) is 24.0 Å². The minimum atomic E-state index is -0.198. The Kier molecular flexibility index (Phi) is 6.31. The Hall–Kier alpha value is -2.44. The molecule has 6 nitrogen and oxygen atoms in total. The van der Waals surface area contributed by atoms with Crippen molar-refractivity contribution in [2.75, 3.05) is 18.0 Å². The normalized spacial score (nSPS) is 26.8. The maximum absolute atomic E-state index is 12.8. The molecule has 0 saturated carbocycles. The van der Waals surface area contributed by atoms with E-state index in [1.165, 1.54) is 0 Å². The summed E-state index contributed by atoms with van der Waals surface area (Å²) in [6.07, 6.45) is 5.38. The van der Waals surface area contributed by atoms with Crippen LogP contribution in [0.2, 0.25) is 5.02 Å². The highest BCUT2D eigenvalue weighted by atomic mass is 35.5. The van der Waals surface area contributed by atoms with Crippen LogP contribution in [-0.4, -0.2) is 42.0 Å². The van der Waals surface area contributed by atoms with Gasteiger partial charge in [-0.25, -0.2) is 0 Å². The van der Waals surface area contributed by atoms with Gasteiger partial charge >= 0.3 is 0 Å². The van der Waals surface area contributed by atoms with Crippen molar-refractivity contribution in [1.82, 2.24) is 10.2 Å². The third-order valence-electron chi connectivity index (χ3n) is 5.97.